The molecule has 26 heavy (non-hydrogen) atoms. The molecule has 0 saturated heterocycles. The molecule has 134 valence electrons. The molecule has 0 radical (unpaired) electrons. The number of carbonyl (C=O) groups is 2. The second-order valence-electron chi connectivity index (χ2n) is 5.73. The van der Waals surface area contributed by atoms with E-state index in [0.717, 1.165) is 11.1 Å². The first kappa shape index (κ1) is 18.0. The largest absolute Gasteiger partial charge is 0.489 e. The quantitative estimate of drug-likeness (QED) is 0.898. The summed E-state index contributed by atoms with van der Waals surface area (Å²) in [5.41, 5.74) is 1.88. The summed E-state index contributed by atoms with van der Waals surface area (Å²) in [4.78, 5) is 23.3. The Labute approximate surface area is 156 Å². The van der Waals surface area contributed by atoms with E-state index in [-0.39, 0.29) is 17.2 Å². The van der Waals surface area contributed by atoms with Crippen molar-refractivity contribution in [3.63, 3.8) is 0 Å². The van der Waals surface area contributed by atoms with Gasteiger partial charge in [0.2, 0.25) is 11.8 Å². The van der Waals surface area contributed by atoms with E-state index in [0.29, 0.717) is 17.5 Å². The van der Waals surface area contributed by atoms with Crippen molar-refractivity contribution in [3.8, 4) is 5.75 Å². The van der Waals surface area contributed by atoms with E-state index in [1.165, 1.54) is 30.6 Å². The van der Waals surface area contributed by atoms with Crippen molar-refractivity contribution >= 4 is 28.7 Å². The zero-order valence-corrected chi connectivity index (χ0v) is 15.3. The van der Waals surface area contributed by atoms with Crippen LogP contribution < -0.4 is 10.1 Å². The van der Waals surface area contributed by atoms with E-state index in [1.807, 2.05) is 54.6 Å². The lowest BCUT2D eigenvalue weighted by Gasteiger charge is -2.21. The van der Waals surface area contributed by atoms with Gasteiger partial charge < -0.3 is 10.1 Å². The first-order chi connectivity index (χ1) is 12.5. The van der Waals surface area contributed by atoms with Crippen LogP contribution in [0.1, 0.15) is 30.3 Å². The Morgan fingerprint density at radius 1 is 1.12 bits per heavy atom. The lowest BCUT2D eigenvalue weighted by molar-refractivity contribution is -0.129. The Morgan fingerprint density at radius 2 is 1.81 bits per heavy atom. The number of hydrazone groups is 1. The Bertz CT molecular complexity index is 839. The summed E-state index contributed by atoms with van der Waals surface area (Å²) in [6.45, 7) is 3.28. The average molecular weight is 369 g/mol. The van der Waals surface area contributed by atoms with Crippen LogP contribution in [0.4, 0.5) is 0 Å². The fourth-order valence-electron chi connectivity index (χ4n) is 2.52. The van der Waals surface area contributed by atoms with Crippen molar-refractivity contribution in [3.05, 3.63) is 65.7 Å². The molecule has 0 saturated carbocycles. The molecule has 0 spiro atoms. The highest BCUT2D eigenvalue weighted by Crippen LogP contribution is 2.42. The second kappa shape index (κ2) is 8.05. The molecular weight excluding hydrogens is 350 g/mol. The fourth-order valence-corrected chi connectivity index (χ4v) is 3.68. The number of nitrogens with one attached hydrogen (secondary N) is 1. The zero-order chi connectivity index (χ0) is 18.5. The van der Waals surface area contributed by atoms with E-state index in [4.69, 9.17) is 4.74 Å². The highest BCUT2D eigenvalue weighted by atomic mass is 32.2. The molecule has 2 amide bonds. The number of benzene rings is 2. The van der Waals surface area contributed by atoms with Gasteiger partial charge in [-0.2, -0.15) is 0 Å². The zero-order valence-electron chi connectivity index (χ0n) is 14.5. The van der Waals surface area contributed by atoms with Gasteiger partial charge in [-0.1, -0.05) is 60.3 Å². The molecule has 1 aliphatic rings. The van der Waals surface area contributed by atoms with Gasteiger partial charge in [0.15, 0.2) is 5.17 Å². The van der Waals surface area contributed by atoms with Crippen LogP contribution in [0.5, 0.6) is 5.75 Å². The van der Waals surface area contributed by atoms with Gasteiger partial charge in [-0.15, -0.1) is 5.10 Å². The minimum Gasteiger partial charge on any atom is -0.489 e. The van der Waals surface area contributed by atoms with Crippen LogP contribution in [0.15, 0.2) is 59.7 Å². The summed E-state index contributed by atoms with van der Waals surface area (Å²) in [6.07, 6.45) is 0. The highest BCUT2D eigenvalue weighted by Gasteiger charge is 2.34. The van der Waals surface area contributed by atoms with Crippen molar-refractivity contribution < 1.29 is 14.3 Å². The minimum absolute atomic E-state index is 0.208. The minimum atomic E-state index is -0.388. The van der Waals surface area contributed by atoms with Crippen LogP contribution in [-0.4, -0.2) is 22.0 Å². The molecule has 0 aliphatic carbocycles. The molecule has 1 aliphatic heterocycles. The first-order valence-corrected chi connectivity index (χ1v) is 9.01. The standard InChI is InChI=1S/C19H19N3O3S/c1-13(23)20-19-21-22(14(2)24)18(26-19)16-10-6-7-11-17(16)25-12-15-8-4-3-5-9-15/h3-11,18H,12H2,1-2H3,(H,20,21,23)/t18-/m1/s1. The summed E-state index contributed by atoms with van der Waals surface area (Å²) < 4.78 is 5.99. The maximum absolute atomic E-state index is 12.0. The number of hydrogen-bond donors (Lipinski definition) is 1. The topological polar surface area (TPSA) is 71.0 Å². The Hall–Kier alpha value is -2.80. The van der Waals surface area contributed by atoms with Crippen LogP contribution >= 0.6 is 11.8 Å². The van der Waals surface area contributed by atoms with Crippen molar-refractivity contribution in [1.29, 1.82) is 0 Å². The van der Waals surface area contributed by atoms with Gasteiger partial charge in [-0.05, 0) is 11.6 Å². The third-order valence-electron chi connectivity index (χ3n) is 3.67. The number of carbonyl (C=O) groups excluding carboxylic acids is 2. The number of nitrogens with zero attached hydrogens (tertiary/aromatic N) is 2. The average Bonchev–Trinajstić information content (AvgIpc) is 3.04. The van der Waals surface area contributed by atoms with Crippen molar-refractivity contribution in [1.82, 2.24) is 10.3 Å². The Morgan fingerprint density at radius 3 is 2.50 bits per heavy atom. The summed E-state index contributed by atoms with van der Waals surface area (Å²) in [5, 5.41) is 8.24. The van der Waals surface area contributed by atoms with Gasteiger partial charge in [0.25, 0.3) is 0 Å². The summed E-state index contributed by atoms with van der Waals surface area (Å²) >= 11 is 1.31. The number of amides is 2. The molecular formula is C19H19N3O3S. The van der Waals surface area contributed by atoms with Crippen LogP contribution in [0.2, 0.25) is 0 Å². The van der Waals surface area contributed by atoms with E-state index >= 15 is 0 Å². The predicted molar refractivity (Wildman–Crippen MR) is 101 cm³/mol. The van der Waals surface area contributed by atoms with Gasteiger partial charge in [0.05, 0.1) is 0 Å². The van der Waals surface area contributed by atoms with Gasteiger partial charge in [-0.25, -0.2) is 5.01 Å². The lowest BCUT2D eigenvalue weighted by atomic mass is 10.2. The molecule has 2 aromatic rings. The Kier molecular flexibility index (Phi) is 5.58. The summed E-state index contributed by atoms with van der Waals surface area (Å²) in [7, 11) is 0. The number of rotatable bonds is 4. The van der Waals surface area contributed by atoms with Crippen LogP contribution in [-0.2, 0) is 16.2 Å². The monoisotopic (exact) mass is 369 g/mol. The number of ether oxygens (including phenoxy) is 1. The summed E-state index contributed by atoms with van der Waals surface area (Å²) in [5.74, 6) is 0.245. The van der Waals surface area contributed by atoms with E-state index in [9.17, 15) is 9.59 Å². The fraction of sp³-hybridized carbons (Fsp3) is 0.211. The molecule has 1 atom stereocenters. The first-order valence-electron chi connectivity index (χ1n) is 8.13. The number of amidine groups is 1. The molecule has 0 fully saturated rings. The molecule has 0 bridgehead atoms. The lowest BCUT2D eigenvalue weighted by Crippen LogP contribution is -2.25. The second-order valence-corrected chi connectivity index (χ2v) is 6.80. The van der Waals surface area contributed by atoms with Gasteiger partial charge in [-0.3, -0.25) is 9.59 Å². The molecule has 3 rings (SSSR count). The summed E-state index contributed by atoms with van der Waals surface area (Å²) in [6, 6.07) is 17.4. The van der Waals surface area contributed by atoms with Crippen LogP contribution in [0, 0.1) is 0 Å². The number of para-hydroxylation sites is 1. The van der Waals surface area contributed by atoms with Gasteiger partial charge >= 0.3 is 0 Å². The normalized spacial score (nSPS) is 16.2. The van der Waals surface area contributed by atoms with Crippen molar-refractivity contribution in [2.45, 2.75) is 25.8 Å². The van der Waals surface area contributed by atoms with E-state index < -0.39 is 0 Å². The maximum atomic E-state index is 12.0. The molecule has 0 unspecified atom stereocenters. The molecule has 1 heterocycles. The molecule has 7 heteroatoms. The smallest absolute Gasteiger partial charge is 0.241 e. The highest BCUT2D eigenvalue weighted by molar-refractivity contribution is 8.14. The van der Waals surface area contributed by atoms with E-state index in [1.54, 1.807) is 0 Å². The molecule has 2 aromatic carbocycles. The van der Waals surface area contributed by atoms with Crippen molar-refractivity contribution in [2.24, 2.45) is 5.10 Å². The third kappa shape index (κ3) is 4.23. The van der Waals surface area contributed by atoms with Crippen LogP contribution in [0.25, 0.3) is 0 Å². The number of thioether (sulfide) groups is 1. The SMILES string of the molecule is CC(=O)NC1=NN(C(C)=O)[C@@H](c2ccccc2OCc2ccccc2)S1. The van der Waals surface area contributed by atoms with E-state index in [2.05, 4.69) is 10.4 Å². The molecule has 1 N–H and O–H groups in total. The maximum Gasteiger partial charge on any atom is 0.241 e. The van der Waals surface area contributed by atoms with Crippen LogP contribution in [0.3, 0.4) is 0 Å². The van der Waals surface area contributed by atoms with Gasteiger partial charge in [0, 0.05) is 19.4 Å². The van der Waals surface area contributed by atoms with Gasteiger partial charge in [0.1, 0.15) is 17.7 Å². The number of hydrogen-bond acceptors (Lipinski definition) is 5. The predicted octanol–water partition coefficient (Wildman–Crippen LogP) is 3.27. The molecule has 6 nitrogen and oxygen atoms in total. The third-order valence-corrected chi connectivity index (χ3v) is 4.76. The van der Waals surface area contributed by atoms with Crippen molar-refractivity contribution in [2.75, 3.05) is 0 Å². The molecule has 0 aromatic heterocycles. The Balaban J connectivity index is 1.82.